The van der Waals surface area contributed by atoms with Crippen LogP contribution in [0.4, 0.5) is 10.5 Å². The molecule has 1 aliphatic heterocycles. The first-order valence-corrected chi connectivity index (χ1v) is 8.99. The Morgan fingerprint density at radius 3 is 1.80 bits per heavy atom. The molecule has 0 spiro atoms. The minimum atomic E-state index is -0.391. The molecule has 1 aromatic rings. The molecule has 0 unspecified atom stereocenters. The Bertz CT molecular complexity index is 588. The van der Waals surface area contributed by atoms with Crippen LogP contribution in [-0.4, -0.2) is 41.3 Å². The van der Waals surface area contributed by atoms with Gasteiger partial charge in [-0.2, -0.15) is 0 Å². The summed E-state index contributed by atoms with van der Waals surface area (Å²) in [6.07, 6.45) is 0. The Morgan fingerprint density at radius 1 is 0.960 bits per heavy atom. The third kappa shape index (κ3) is 4.18. The molecule has 6 heteroatoms. The van der Waals surface area contributed by atoms with Gasteiger partial charge in [0.25, 0.3) is 0 Å². The van der Waals surface area contributed by atoms with Crippen LogP contribution in [0, 0.1) is 0 Å². The minimum absolute atomic E-state index is 0.0895. The molecule has 2 amide bonds. The fraction of sp³-hybridized carbons (Fsp3) is 0.632. The quantitative estimate of drug-likeness (QED) is 0.847. The van der Waals surface area contributed by atoms with Crippen molar-refractivity contribution in [3.8, 4) is 0 Å². The second-order valence-corrected chi connectivity index (χ2v) is 8.24. The van der Waals surface area contributed by atoms with E-state index in [1.54, 1.807) is 0 Å². The number of hydrogen-bond donors (Lipinski definition) is 1. The third-order valence-electron chi connectivity index (χ3n) is 5.03. The van der Waals surface area contributed by atoms with E-state index < -0.39 is 7.12 Å². The van der Waals surface area contributed by atoms with Crippen LogP contribution in [0.15, 0.2) is 24.3 Å². The van der Waals surface area contributed by atoms with Crippen molar-refractivity contribution < 1.29 is 14.1 Å². The van der Waals surface area contributed by atoms with Crippen LogP contribution in [0.1, 0.15) is 55.4 Å². The van der Waals surface area contributed by atoms with Crippen molar-refractivity contribution in [3.05, 3.63) is 24.3 Å². The van der Waals surface area contributed by atoms with Crippen LogP contribution < -0.4 is 10.8 Å². The Labute approximate surface area is 152 Å². The number of rotatable bonds is 4. The zero-order valence-electron chi connectivity index (χ0n) is 16.7. The number of hydrogen-bond acceptors (Lipinski definition) is 3. The van der Waals surface area contributed by atoms with E-state index in [2.05, 4.69) is 5.32 Å². The number of nitrogens with one attached hydrogen (secondary N) is 1. The maximum absolute atomic E-state index is 12.5. The Hall–Kier alpha value is -1.53. The Morgan fingerprint density at radius 2 is 1.40 bits per heavy atom. The fourth-order valence-corrected chi connectivity index (χ4v) is 2.96. The summed E-state index contributed by atoms with van der Waals surface area (Å²) in [6, 6.07) is 7.84. The van der Waals surface area contributed by atoms with Crippen LogP contribution >= 0.6 is 0 Å². The van der Waals surface area contributed by atoms with Gasteiger partial charge in [-0.1, -0.05) is 12.1 Å². The minimum Gasteiger partial charge on any atom is -0.399 e. The topological polar surface area (TPSA) is 50.8 Å². The van der Waals surface area contributed by atoms with Crippen molar-refractivity contribution in [2.24, 2.45) is 0 Å². The van der Waals surface area contributed by atoms with Gasteiger partial charge in [0.1, 0.15) is 0 Å². The highest BCUT2D eigenvalue weighted by atomic mass is 16.7. The smallest absolute Gasteiger partial charge is 0.399 e. The van der Waals surface area contributed by atoms with Crippen molar-refractivity contribution in [3.63, 3.8) is 0 Å². The lowest BCUT2D eigenvalue weighted by Crippen LogP contribution is -2.44. The maximum atomic E-state index is 12.5. The fourth-order valence-electron chi connectivity index (χ4n) is 2.96. The molecule has 1 saturated heterocycles. The molecule has 1 heterocycles. The number of benzene rings is 1. The van der Waals surface area contributed by atoms with Gasteiger partial charge >= 0.3 is 13.1 Å². The lowest BCUT2D eigenvalue weighted by atomic mass is 9.79. The van der Waals surface area contributed by atoms with Gasteiger partial charge in [0, 0.05) is 17.8 Å². The number of anilines is 1. The van der Waals surface area contributed by atoms with Crippen LogP contribution in [0.3, 0.4) is 0 Å². The predicted molar refractivity (Wildman–Crippen MR) is 103 cm³/mol. The van der Waals surface area contributed by atoms with E-state index in [0.717, 1.165) is 11.2 Å². The van der Waals surface area contributed by atoms with Crippen LogP contribution in [0.2, 0.25) is 0 Å². The van der Waals surface area contributed by atoms with Gasteiger partial charge in [-0.15, -0.1) is 0 Å². The summed E-state index contributed by atoms with van der Waals surface area (Å²) in [5, 5.41) is 2.96. The zero-order valence-corrected chi connectivity index (χ0v) is 16.7. The SMILES string of the molecule is CC(C)N(C(=O)Nc1ccc(B2OC(C)(C)C(C)(C)O2)cc1)C(C)C. The summed E-state index contributed by atoms with van der Waals surface area (Å²) in [6.45, 7) is 16.2. The third-order valence-corrected chi connectivity index (χ3v) is 5.03. The number of carbonyl (C=O) groups excluding carboxylic acids is 1. The molecule has 25 heavy (non-hydrogen) atoms. The monoisotopic (exact) mass is 346 g/mol. The van der Waals surface area contributed by atoms with Crippen LogP contribution in [0.5, 0.6) is 0 Å². The van der Waals surface area contributed by atoms with Gasteiger partial charge in [0.2, 0.25) is 0 Å². The normalized spacial score (nSPS) is 18.7. The predicted octanol–water partition coefficient (Wildman–Crippen LogP) is 3.64. The maximum Gasteiger partial charge on any atom is 0.494 e. The molecule has 5 nitrogen and oxygen atoms in total. The second kappa shape index (κ2) is 7.00. The molecule has 0 bridgehead atoms. The number of urea groups is 1. The van der Waals surface area contributed by atoms with Crippen molar-refractivity contribution in [1.82, 2.24) is 4.90 Å². The number of nitrogens with zero attached hydrogens (tertiary/aromatic N) is 1. The molecule has 1 N–H and O–H groups in total. The average Bonchev–Trinajstić information content (AvgIpc) is 2.67. The van der Waals surface area contributed by atoms with E-state index in [4.69, 9.17) is 9.31 Å². The first kappa shape index (κ1) is 19.8. The van der Waals surface area contributed by atoms with Gasteiger partial charge in [-0.3, -0.25) is 0 Å². The van der Waals surface area contributed by atoms with Crippen molar-refractivity contribution in [1.29, 1.82) is 0 Å². The molecule has 1 fully saturated rings. The first-order chi connectivity index (χ1) is 11.4. The lowest BCUT2D eigenvalue weighted by Gasteiger charge is -2.32. The van der Waals surface area contributed by atoms with Gasteiger partial charge in [-0.05, 0) is 73.0 Å². The van der Waals surface area contributed by atoms with Gasteiger partial charge < -0.3 is 19.5 Å². The lowest BCUT2D eigenvalue weighted by molar-refractivity contribution is 0.00578. The van der Waals surface area contributed by atoms with Gasteiger partial charge in [-0.25, -0.2) is 4.79 Å². The van der Waals surface area contributed by atoms with Crippen LogP contribution in [0.25, 0.3) is 0 Å². The second-order valence-electron chi connectivity index (χ2n) is 8.24. The molecular formula is C19H31BN2O3. The number of carbonyl (C=O) groups is 1. The molecule has 0 saturated carbocycles. The molecule has 1 aliphatic rings. The molecule has 0 atom stereocenters. The van der Waals surface area contributed by atoms with E-state index >= 15 is 0 Å². The molecule has 0 aromatic heterocycles. The molecule has 2 rings (SSSR count). The van der Waals surface area contributed by atoms with Crippen molar-refractivity contribution in [2.45, 2.75) is 78.7 Å². The average molecular weight is 346 g/mol. The van der Waals surface area contributed by atoms with Crippen molar-refractivity contribution in [2.75, 3.05) is 5.32 Å². The van der Waals surface area contributed by atoms with E-state index in [1.165, 1.54) is 0 Å². The van der Waals surface area contributed by atoms with E-state index in [-0.39, 0.29) is 29.3 Å². The van der Waals surface area contributed by atoms with E-state index in [1.807, 2.05) is 84.6 Å². The van der Waals surface area contributed by atoms with Crippen LogP contribution in [-0.2, 0) is 9.31 Å². The molecule has 1 aromatic carbocycles. The summed E-state index contributed by atoms with van der Waals surface area (Å²) in [5.41, 5.74) is 0.983. The summed E-state index contributed by atoms with van der Waals surface area (Å²) in [4.78, 5) is 14.3. The van der Waals surface area contributed by atoms with Gasteiger partial charge in [0.15, 0.2) is 0 Å². The van der Waals surface area contributed by atoms with E-state index in [9.17, 15) is 4.79 Å². The van der Waals surface area contributed by atoms with Crippen molar-refractivity contribution >= 4 is 24.3 Å². The molecular weight excluding hydrogens is 315 g/mol. The summed E-state index contributed by atoms with van der Waals surface area (Å²) >= 11 is 0. The first-order valence-electron chi connectivity index (χ1n) is 8.99. The molecule has 0 aliphatic carbocycles. The zero-order chi connectivity index (χ0) is 19.0. The van der Waals surface area contributed by atoms with Gasteiger partial charge in [0.05, 0.1) is 11.2 Å². The Balaban J connectivity index is 2.07. The Kier molecular flexibility index (Phi) is 5.54. The highest BCUT2D eigenvalue weighted by Gasteiger charge is 2.51. The largest absolute Gasteiger partial charge is 0.494 e. The summed E-state index contributed by atoms with van der Waals surface area (Å²) in [5.74, 6) is 0. The molecule has 0 radical (unpaired) electrons. The highest BCUT2D eigenvalue weighted by molar-refractivity contribution is 6.62. The standard InChI is InChI=1S/C19H31BN2O3/c1-13(2)22(14(3)4)17(23)21-16-11-9-15(10-12-16)20-24-18(5,6)19(7,8)25-20/h9-14H,1-8H3,(H,21,23). The highest BCUT2D eigenvalue weighted by Crippen LogP contribution is 2.36. The van der Waals surface area contributed by atoms with E-state index in [0.29, 0.717) is 0 Å². The number of amides is 2. The summed E-state index contributed by atoms with van der Waals surface area (Å²) < 4.78 is 12.1. The summed E-state index contributed by atoms with van der Waals surface area (Å²) in [7, 11) is -0.391. The molecule has 138 valence electrons.